The molecule has 90 valence electrons. The van der Waals surface area contributed by atoms with Crippen molar-refractivity contribution in [3.63, 3.8) is 0 Å². The highest BCUT2D eigenvalue weighted by Crippen LogP contribution is 2.15. The number of rotatable bonds is 3. The van der Waals surface area contributed by atoms with Crippen LogP contribution in [-0.2, 0) is 11.3 Å². The summed E-state index contributed by atoms with van der Waals surface area (Å²) in [4.78, 5) is 27.5. The first kappa shape index (κ1) is 11.4. The zero-order valence-electron chi connectivity index (χ0n) is 9.17. The molecule has 6 nitrogen and oxygen atoms in total. The van der Waals surface area contributed by atoms with Crippen molar-refractivity contribution in [2.75, 3.05) is 13.1 Å². The van der Waals surface area contributed by atoms with Crippen molar-refractivity contribution < 1.29 is 14.7 Å². The smallest absolute Gasteiger partial charge is 0.317 e. The Balaban J connectivity index is 1.74. The Bertz CT molecular complexity index is 415. The SMILES string of the molecule is O=C(O)C1CN(C(=O)NCc2cccnc2)C1. The quantitative estimate of drug-likeness (QED) is 0.789. The Labute approximate surface area is 98.3 Å². The van der Waals surface area contributed by atoms with E-state index in [4.69, 9.17) is 5.11 Å². The van der Waals surface area contributed by atoms with Crippen LogP contribution in [0.15, 0.2) is 24.5 Å². The number of hydrogen-bond acceptors (Lipinski definition) is 3. The molecule has 2 amide bonds. The van der Waals surface area contributed by atoms with Gasteiger partial charge in [0.15, 0.2) is 0 Å². The Morgan fingerprint density at radius 1 is 1.53 bits per heavy atom. The highest BCUT2D eigenvalue weighted by molar-refractivity contribution is 5.79. The number of carbonyl (C=O) groups excluding carboxylic acids is 1. The van der Waals surface area contributed by atoms with Crippen molar-refractivity contribution in [3.8, 4) is 0 Å². The zero-order valence-corrected chi connectivity index (χ0v) is 9.17. The highest BCUT2D eigenvalue weighted by Gasteiger charge is 2.35. The van der Waals surface area contributed by atoms with Crippen LogP contribution in [0.5, 0.6) is 0 Å². The molecule has 2 heterocycles. The van der Waals surface area contributed by atoms with Gasteiger partial charge in [0.1, 0.15) is 0 Å². The average Bonchev–Trinajstić information content (AvgIpc) is 2.25. The molecule has 6 heteroatoms. The predicted molar refractivity (Wildman–Crippen MR) is 59.2 cm³/mol. The first-order valence-corrected chi connectivity index (χ1v) is 5.31. The molecule has 0 unspecified atom stereocenters. The van der Waals surface area contributed by atoms with Gasteiger partial charge in [-0.2, -0.15) is 0 Å². The summed E-state index contributed by atoms with van der Waals surface area (Å²) in [5.74, 6) is -1.26. The van der Waals surface area contributed by atoms with Gasteiger partial charge in [0.05, 0.1) is 5.92 Å². The van der Waals surface area contributed by atoms with E-state index in [2.05, 4.69) is 10.3 Å². The number of urea groups is 1. The molecule has 2 N–H and O–H groups in total. The molecule has 0 radical (unpaired) electrons. The molecular weight excluding hydrogens is 222 g/mol. The third kappa shape index (κ3) is 2.72. The van der Waals surface area contributed by atoms with Crippen LogP contribution in [0, 0.1) is 5.92 Å². The summed E-state index contributed by atoms with van der Waals surface area (Å²) in [6.07, 6.45) is 3.34. The summed E-state index contributed by atoms with van der Waals surface area (Å²) >= 11 is 0. The van der Waals surface area contributed by atoms with Gasteiger partial charge in [-0.1, -0.05) is 6.07 Å². The fourth-order valence-corrected chi connectivity index (χ4v) is 1.59. The van der Waals surface area contributed by atoms with E-state index in [9.17, 15) is 9.59 Å². The van der Waals surface area contributed by atoms with Gasteiger partial charge >= 0.3 is 12.0 Å². The van der Waals surface area contributed by atoms with E-state index in [0.717, 1.165) is 5.56 Å². The minimum Gasteiger partial charge on any atom is -0.481 e. The molecule has 1 aromatic heterocycles. The average molecular weight is 235 g/mol. The largest absolute Gasteiger partial charge is 0.481 e. The fraction of sp³-hybridized carbons (Fsp3) is 0.364. The van der Waals surface area contributed by atoms with Gasteiger partial charge in [-0.05, 0) is 11.6 Å². The van der Waals surface area contributed by atoms with Crippen LogP contribution in [0.2, 0.25) is 0 Å². The summed E-state index contributed by atoms with van der Waals surface area (Å²) in [5, 5.41) is 11.4. The fourth-order valence-electron chi connectivity index (χ4n) is 1.59. The van der Waals surface area contributed by atoms with Crippen LogP contribution in [-0.4, -0.2) is 40.1 Å². The maximum absolute atomic E-state index is 11.6. The zero-order chi connectivity index (χ0) is 12.3. The first-order valence-electron chi connectivity index (χ1n) is 5.31. The predicted octanol–water partition coefficient (Wildman–Crippen LogP) is 0.308. The van der Waals surface area contributed by atoms with Crippen molar-refractivity contribution in [2.45, 2.75) is 6.54 Å². The number of hydrogen-bond donors (Lipinski definition) is 2. The lowest BCUT2D eigenvalue weighted by Gasteiger charge is -2.36. The second-order valence-corrected chi connectivity index (χ2v) is 3.96. The number of aliphatic carboxylic acids is 1. The molecule has 0 saturated carbocycles. The standard InChI is InChI=1S/C11H13N3O3/c15-10(16)9-6-14(7-9)11(17)13-5-8-2-1-3-12-4-8/h1-4,9H,5-7H2,(H,13,17)(H,15,16). The van der Waals surface area contributed by atoms with Crippen LogP contribution >= 0.6 is 0 Å². The Hall–Kier alpha value is -2.11. The first-order chi connectivity index (χ1) is 8.16. The molecule has 0 aromatic carbocycles. The molecule has 1 aromatic rings. The maximum atomic E-state index is 11.6. The van der Waals surface area contributed by atoms with E-state index in [-0.39, 0.29) is 19.1 Å². The van der Waals surface area contributed by atoms with E-state index in [1.165, 1.54) is 4.90 Å². The van der Waals surface area contributed by atoms with Crippen molar-refractivity contribution in [3.05, 3.63) is 30.1 Å². The van der Waals surface area contributed by atoms with Crippen LogP contribution in [0.1, 0.15) is 5.56 Å². The third-order valence-electron chi connectivity index (χ3n) is 2.68. The normalized spacial score (nSPS) is 15.2. The molecule has 0 spiro atoms. The number of nitrogens with one attached hydrogen (secondary N) is 1. The summed E-state index contributed by atoms with van der Waals surface area (Å²) in [5.41, 5.74) is 0.913. The minimum absolute atomic E-state index is 0.230. The lowest BCUT2D eigenvalue weighted by molar-refractivity contribution is -0.146. The number of carboxylic acids is 1. The number of amides is 2. The Morgan fingerprint density at radius 3 is 2.88 bits per heavy atom. The van der Waals surface area contributed by atoms with Crippen LogP contribution in [0.3, 0.4) is 0 Å². The van der Waals surface area contributed by atoms with Gasteiger partial charge in [-0.15, -0.1) is 0 Å². The molecule has 17 heavy (non-hydrogen) atoms. The van der Waals surface area contributed by atoms with Crippen molar-refractivity contribution in [1.29, 1.82) is 0 Å². The number of carboxylic acid groups (broad SMARTS) is 1. The molecule has 0 atom stereocenters. The molecule has 0 bridgehead atoms. The Kier molecular flexibility index (Phi) is 3.22. The topological polar surface area (TPSA) is 82.5 Å². The second-order valence-electron chi connectivity index (χ2n) is 3.96. The number of nitrogens with zero attached hydrogens (tertiary/aromatic N) is 2. The monoisotopic (exact) mass is 235 g/mol. The lowest BCUT2D eigenvalue weighted by Crippen LogP contribution is -2.56. The molecular formula is C11H13N3O3. The molecule has 1 fully saturated rings. The van der Waals surface area contributed by atoms with Gasteiger partial charge in [-0.25, -0.2) is 4.79 Å². The molecule has 2 rings (SSSR count). The van der Waals surface area contributed by atoms with Gasteiger partial charge in [0, 0.05) is 32.0 Å². The highest BCUT2D eigenvalue weighted by atomic mass is 16.4. The van der Waals surface area contributed by atoms with E-state index in [0.29, 0.717) is 6.54 Å². The van der Waals surface area contributed by atoms with E-state index >= 15 is 0 Å². The van der Waals surface area contributed by atoms with Gasteiger partial charge < -0.3 is 15.3 Å². The van der Waals surface area contributed by atoms with Crippen molar-refractivity contribution in [2.24, 2.45) is 5.92 Å². The Morgan fingerprint density at radius 2 is 2.29 bits per heavy atom. The van der Waals surface area contributed by atoms with Crippen LogP contribution in [0.4, 0.5) is 4.79 Å². The van der Waals surface area contributed by atoms with Crippen LogP contribution < -0.4 is 5.32 Å². The maximum Gasteiger partial charge on any atom is 0.317 e. The molecule has 0 aliphatic carbocycles. The summed E-state index contributed by atoms with van der Waals surface area (Å²) < 4.78 is 0. The number of likely N-dealkylation sites (tertiary alicyclic amines) is 1. The second kappa shape index (κ2) is 4.82. The number of pyridine rings is 1. The van der Waals surface area contributed by atoms with Crippen molar-refractivity contribution in [1.82, 2.24) is 15.2 Å². The summed E-state index contributed by atoms with van der Waals surface area (Å²) in [6.45, 7) is 0.976. The van der Waals surface area contributed by atoms with Crippen molar-refractivity contribution >= 4 is 12.0 Å². The number of aromatic nitrogens is 1. The van der Waals surface area contributed by atoms with Crippen LogP contribution in [0.25, 0.3) is 0 Å². The van der Waals surface area contributed by atoms with Gasteiger partial charge in [0.25, 0.3) is 0 Å². The molecule has 1 saturated heterocycles. The minimum atomic E-state index is -0.846. The van der Waals surface area contributed by atoms with Gasteiger partial charge in [-0.3, -0.25) is 9.78 Å². The van der Waals surface area contributed by atoms with Gasteiger partial charge in [0.2, 0.25) is 0 Å². The third-order valence-corrected chi connectivity index (χ3v) is 2.68. The summed E-state index contributed by atoms with van der Waals surface area (Å²) in [6, 6.07) is 3.43. The summed E-state index contributed by atoms with van der Waals surface area (Å²) in [7, 11) is 0. The van der Waals surface area contributed by atoms with E-state index in [1.54, 1.807) is 18.5 Å². The van der Waals surface area contributed by atoms with E-state index in [1.807, 2.05) is 6.07 Å². The van der Waals surface area contributed by atoms with E-state index < -0.39 is 11.9 Å². The lowest BCUT2D eigenvalue weighted by atomic mass is 10.0. The molecule has 1 aliphatic rings. The molecule has 1 aliphatic heterocycles. The number of carbonyl (C=O) groups is 2.